The van der Waals surface area contributed by atoms with E-state index in [0.29, 0.717) is 0 Å². The van der Waals surface area contributed by atoms with Crippen LogP contribution in [-0.2, 0) is 5.41 Å². The third-order valence-corrected chi connectivity index (χ3v) is 13.1. The molecule has 12 rings (SSSR count). The average molecular weight is 794 g/mol. The molecule has 2 aliphatic rings. The lowest BCUT2D eigenvalue weighted by atomic mass is 9.45. The minimum absolute atomic E-state index is 0.0306. The molecular formula is C58H44BN3. The topological polar surface area (TPSA) is 11.4 Å². The lowest BCUT2D eigenvalue weighted by Crippen LogP contribution is -2.56. The van der Waals surface area contributed by atoms with Crippen LogP contribution in [0.4, 0.5) is 34.1 Å². The number of nitrogens with zero attached hydrogens (tertiary/aromatic N) is 3. The highest BCUT2D eigenvalue weighted by molar-refractivity contribution is 6.90. The Hall–Kier alpha value is -7.56. The number of hydrogen-bond acceptors (Lipinski definition) is 2. The highest BCUT2D eigenvalue weighted by Crippen LogP contribution is 2.50. The molecule has 0 N–H and O–H groups in total. The van der Waals surface area contributed by atoms with E-state index in [2.05, 4.69) is 247 Å². The molecular weight excluding hydrogens is 749 g/mol. The van der Waals surface area contributed by atoms with Gasteiger partial charge in [0.1, 0.15) is 0 Å². The van der Waals surface area contributed by atoms with Crippen LogP contribution in [0.15, 0.2) is 212 Å². The Morgan fingerprint density at radius 2 is 1.03 bits per heavy atom. The van der Waals surface area contributed by atoms with Gasteiger partial charge in [-0.2, -0.15) is 0 Å². The van der Waals surface area contributed by atoms with Gasteiger partial charge in [0.25, 0.3) is 0 Å². The molecule has 0 unspecified atom stereocenters. The number of benzene rings is 9. The quantitative estimate of drug-likeness (QED) is 0.155. The summed E-state index contributed by atoms with van der Waals surface area (Å²) in [5, 5.41) is 2.57. The van der Waals surface area contributed by atoms with Crippen LogP contribution in [0.25, 0.3) is 55.2 Å². The third-order valence-electron chi connectivity index (χ3n) is 13.1. The van der Waals surface area contributed by atoms with Gasteiger partial charge in [0.15, 0.2) is 0 Å². The summed E-state index contributed by atoms with van der Waals surface area (Å²) >= 11 is 0. The second kappa shape index (κ2) is 14.0. The molecule has 10 aromatic rings. The first-order valence-corrected chi connectivity index (χ1v) is 21.7. The van der Waals surface area contributed by atoms with Crippen molar-refractivity contribution in [3.8, 4) is 33.4 Å². The van der Waals surface area contributed by atoms with Crippen LogP contribution >= 0.6 is 0 Å². The number of aromatic nitrogens is 1. The number of hydrogen-bond donors (Lipinski definition) is 0. The van der Waals surface area contributed by atoms with Crippen molar-refractivity contribution < 1.29 is 0 Å². The smallest absolute Gasteiger partial charge is 0.333 e. The van der Waals surface area contributed by atoms with Crippen molar-refractivity contribution >= 4 is 73.7 Å². The van der Waals surface area contributed by atoms with Gasteiger partial charge in [0.2, 0.25) is 0 Å². The maximum Gasteiger partial charge on any atom is 0.333 e. The molecule has 4 heteroatoms. The molecule has 0 saturated heterocycles. The van der Waals surface area contributed by atoms with Gasteiger partial charge in [0, 0.05) is 61.4 Å². The number of fused-ring (bicyclic) bond motifs is 7. The summed E-state index contributed by atoms with van der Waals surface area (Å²) in [6.45, 7) is 6.83. The fraction of sp³-hybridized carbons (Fsp3) is 0.0690. The largest absolute Gasteiger partial charge is 0.375 e. The molecule has 0 fully saturated rings. The van der Waals surface area contributed by atoms with Crippen molar-refractivity contribution in [2.75, 3.05) is 9.80 Å². The van der Waals surface area contributed by atoms with Crippen molar-refractivity contribution in [2.24, 2.45) is 0 Å². The molecule has 0 bridgehead atoms. The standard InChI is InChI=1S/C58H44BN3/c1-58(2,3)42-31-33-52(49(37-42)40-21-10-5-11-22-40)61-54-34-32-45(60(43-23-12-6-13-24-43)44-25-14-7-15-26-44)38-51(54)59-56-50(35-41(36-55(56)61)39-19-8-4-9-20-39)48-29-18-28-47-46-27-16-17-30-53(46)62(59)57(47)48/h4-38H,1-3H3. The van der Waals surface area contributed by atoms with E-state index in [-0.39, 0.29) is 12.3 Å². The highest BCUT2D eigenvalue weighted by atomic mass is 15.2. The number of para-hydroxylation sites is 4. The van der Waals surface area contributed by atoms with Gasteiger partial charge >= 0.3 is 6.85 Å². The first-order valence-electron chi connectivity index (χ1n) is 21.7. The Morgan fingerprint density at radius 3 is 1.73 bits per heavy atom. The van der Waals surface area contributed by atoms with E-state index in [4.69, 9.17) is 0 Å². The molecule has 0 radical (unpaired) electrons. The van der Waals surface area contributed by atoms with E-state index >= 15 is 0 Å². The average Bonchev–Trinajstić information content (AvgIpc) is 3.66. The van der Waals surface area contributed by atoms with E-state index in [1.54, 1.807) is 0 Å². The zero-order valence-electron chi connectivity index (χ0n) is 35.1. The molecule has 0 atom stereocenters. The zero-order chi connectivity index (χ0) is 41.5. The zero-order valence-corrected chi connectivity index (χ0v) is 35.1. The first kappa shape index (κ1) is 36.3. The molecule has 0 saturated carbocycles. The fourth-order valence-electron chi connectivity index (χ4n) is 10.2. The van der Waals surface area contributed by atoms with E-state index in [1.165, 1.54) is 83.1 Å². The Labute approximate surface area is 363 Å². The summed E-state index contributed by atoms with van der Waals surface area (Å²) in [5.74, 6) is 0. The van der Waals surface area contributed by atoms with Crippen LogP contribution in [0, 0.1) is 0 Å². The molecule has 3 nitrogen and oxygen atoms in total. The normalized spacial score (nSPS) is 12.7. The summed E-state index contributed by atoms with van der Waals surface area (Å²) in [5.41, 5.74) is 20.7. The molecule has 294 valence electrons. The lowest BCUT2D eigenvalue weighted by Gasteiger charge is -2.42. The van der Waals surface area contributed by atoms with E-state index in [1.807, 2.05) is 0 Å². The van der Waals surface area contributed by atoms with E-state index in [0.717, 1.165) is 22.7 Å². The summed E-state index contributed by atoms with van der Waals surface area (Å²) in [4.78, 5) is 4.98. The van der Waals surface area contributed by atoms with Gasteiger partial charge in [-0.3, -0.25) is 0 Å². The minimum atomic E-state index is -0.101. The molecule has 3 heterocycles. The molecule has 9 aromatic carbocycles. The number of anilines is 6. The monoisotopic (exact) mass is 793 g/mol. The highest BCUT2D eigenvalue weighted by Gasteiger charge is 2.44. The third kappa shape index (κ3) is 5.60. The summed E-state index contributed by atoms with van der Waals surface area (Å²) in [7, 11) is 0. The second-order valence-electron chi connectivity index (χ2n) is 17.7. The van der Waals surface area contributed by atoms with E-state index in [9.17, 15) is 0 Å². The predicted octanol–water partition coefficient (Wildman–Crippen LogP) is 14.3. The fourth-order valence-corrected chi connectivity index (χ4v) is 10.2. The first-order chi connectivity index (χ1) is 30.4. The summed E-state index contributed by atoms with van der Waals surface area (Å²) < 4.78 is 2.66. The molecule has 62 heavy (non-hydrogen) atoms. The molecule has 1 aromatic heterocycles. The van der Waals surface area contributed by atoms with Crippen LogP contribution < -0.4 is 20.7 Å². The predicted molar refractivity (Wildman–Crippen MR) is 264 cm³/mol. The van der Waals surface area contributed by atoms with Crippen LogP contribution in [0.3, 0.4) is 0 Å². The summed E-state index contributed by atoms with van der Waals surface area (Å²) in [6.07, 6.45) is 0. The van der Waals surface area contributed by atoms with Gasteiger partial charge in [-0.1, -0.05) is 160 Å². The molecule has 0 aliphatic carbocycles. The SMILES string of the molecule is CC(C)(C)c1ccc(N2c3ccc(N(c4ccccc4)c4ccccc4)cc3B3c4c(cc(-c5ccccc5)cc42)-c2cccc4c5ccccc5n3c24)c(-c2ccccc2)c1. The van der Waals surface area contributed by atoms with Crippen LogP contribution in [0.1, 0.15) is 26.3 Å². The van der Waals surface area contributed by atoms with Gasteiger partial charge in [0.05, 0.1) is 5.69 Å². The van der Waals surface area contributed by atoms with Crippen molar-refractivity contribution in [3.05, 3.63) is 218 Å². The Balaban J connectivity index is 1.23. The maximum atomic E-state index is 2.66. The van der Waals surface area contributed by atoms with Crippen LogP contribution in [-0.4, -0.2) is 11.3 Å². The summed E-state index contributed by atoms with van der Waals surface area (Å²) in [6, 6.07) is 78.6. The second-order valence-corrected chi connectivity index (χ2v) is 17.7. The van der Waals surface area contributed by atoms with Crippen molar-refractivity contribution in [1.82, 2.24) is 4.48 Å². The van der Waals surface area contributed by atoms with Crippen LogP contribution in [0.2, 0.25) is 0 Å². The van der Waals surface area contributed by atoms with Gasteiger partial charge in [-0.15, -0.1) is 0 Å². The Kier molecular flexibility index (Phi) is 8.20. The van der Waals surface area contributed by atoms with Gasteiger partial charge in [-0.25, -0.2) is 0 Å². The van der Waals surface area contributed by atoms with Crippen molar-refractivity contribution in [3.63, 3.8) is 0 Å². The minimum Gasteiger partial charge on any atom is -0.375 e. The lowest BCUT2D eigenvalue weighted by molar-refractivity contribution is 0.590. The molecule has 2 aliphatic heterocycles. The van der Waals surface area contributed by atoms with Crippen molar-refractivity contribution in [2.45, 2.75) is 26.2 Å². The molecule has 0 amide bonds. The Morgan fingerprint density at radius 1 is 0.419 bits per heavy atom. The molecule has 0 spiro atoms. The Bertz CT molecular complexity index is 3290. The van der Waals surface area contributed by atoms with Gasteiger partial charge in [-0.05, 0) is 117 Å². The maximum absolute atomic E-state index is 2.66. The number of rotatable bonds is 6. The van der Waals surface area contributed by atoms with Gasteiger partial charge < -0.3 is 14.3 Å². The van der Waals surface area contributed by atoms with Crippen LogP contribution in [0.5, 0.6) is 0 Å². The van der Waals surface area contributed by atoms with E-state index < -0.39 is 0 Å². The van der Waals surface area contributed by atoms with Crippen molar-refractivity contribution in [1.29, 1.82) is 0 Å².